The largest absolute Gasteiger partial charge is 0.271 e. The Kier molecular flexibility index (Phi) is 6.47. The molecule has 0 saturated heterocycles. The van der Waals surface area contributed by atoms with Crippen LogP contribution in [0.1, 0.15) is 74.0 Å². The molecule has 1 saturated carbocycles. The Hall–Kier alpha value is -2.27. The Morgan fingerprint density at radius 3 is 2.53 bits per heavy atom. The number of hydrogen-bond acceptors (Lipinski definition) is 4. The minimum absolute atomic E-state index is 0.243. The molecule has 0 radical (unpaired) electrons. The van der Waals surface area contributed by atoms with Gasteiger partial charge in [0.2, 0.25) is 0 Å². The van der Waals surface area contributed by atoms with Crippen molar-refractivity contribution in [3.05, 3.63) is 70.1 Å². The van der Waals surface area contributed by atoms with Crippen molar-refractivity contribution in [3.8, 4) is 0 Å². The topological polar surface area (TPSA) is 63.8 Å². The summed E-state index contributed by atoms with van der Waals surface area (Å²) in [6.45, 7) is 4.44. The monoisotopic (exact) mass is 420 g/mol. The average Bonchev–Trinajstić information content (AvgIpc) is 2.77. The zero-order valence-corrected chi connectivity index (χ0v) is 18.4. The maximum Gasteiger partial charge on any atom is 0.152 e. The van der Waals surface area contributed by atoms with E-state index in [-0.39, 0.29) is 6.04 Å². The molecule has 1 heterocycles. The van der Waals surface area contributed by atoms with Crippen LogP contribution in [0.2, 0.25) is 5.02 Å². The van der Waals surface area contributed by atoms with E-state index < -0.39 is 0 Å². The Balaban J connectivity index is 1.80. The number of hydrogen-bond donors (Lipinski definition) is 2. The number of benzene rings is 2. The van der Waals surface area contributed by atoms with Crippen LogP contribution in [0.15, 0.2) is 42.5 Å². The Morgan fingerprint density at radius 1 is 1.03 bits per heavy atom. The Labute approximate surface area is 183 Å². The molecule has 4 rings (SSSR count). The number of hydrazine groups is 1. The van der Waals surface area contributed by atoms with E-state index in [1.807, 2.05) is 36.4 Å². The minimum Gasteiger partial charge on any atom is -0.271 e. The molecule has 1 aromatic heterocycles. The molecule has 5 heteroatoms. The van der Waals surface area contributed by atoms with Crippen molar-refractivity contribution in [3.63, 3.8) is 0 Å². The third-order valence-electron chi connectivity index (χ3n) is 6.06. The summed E-state index contributed by atoms with van der Waals surface area (Å²) >= 11 is 6.00. The van der Waals surface area contributed by atoms with E-state index in [9.17, 15) is 0 Å². The first-order chi connectivity index (χ1) is 14.5. The first-order valence-electron chi connectivity index (χ1n) is 10.8. The second kappa shape index (κ2) is 9.25. The highest BCUT2D eigenvalue weighted by molar-refractivity contribution is 6.30. The molecular formula is C25H29ClN4. The molecule has 0 aliphatic heterocycles. The van der Waals surface area contributed by atoms with Crippen LogP contribution < -0.4 is 11.3 Å². The molecule has 3 N–H and O–H groups in total. The van der Waals surface area contributed by atoms with Crippen LogP contribution in [0.3, 0.4) is 0 Å². The highest BCUT2D eigenvalue weighted by Crippen LogP contribution is 2.36. The molecule has 3 aromatic rings. The van der Waals surface area contributed by atoms with Crippen molar-refractivity contribution in [2.45, 2.75) is 57.4 Å². The first-order valence-corrected chi connectivity index (χ1v) is 11.1. The van der Waals surface area contributed by atoms with Gasteiger partial charge in [-0.1, -0.05) is 62.6 Å². The molecule has 156 valence electrons. The van der Waals surface area contributed by atoms with Crippen molar-refractivity contribution in [2.75, 3.05) is 0 Å². The summed E-state index contributed by atoms with van der Waals surface area (Å²) in [5.74, 6) is 7.40. The fourth-order valence-electron chi connectivity index (χ4n) is 4.31. The summed E-state index contributed by atoms with van der Waals surface area (Å²) in [4.78, 5) is 9.88. The van der Waals surface area contributed by atoms with Crippen molar-refractivity contribution >= 4 is 34.7 Å². The summed E-state index contributed by atoms with van der Waals surface area (Å²) < 4.78 is 0. The van der Waals surface area contributed by atoms with Gasteiger partial charge >= 0.3 is 0 Å². The van der Waals surface area contributed by atoms with Crippen LogP contribution >= 0.6 is 11.6 Å². The fourth-order valence-corrected chi connectivity index (χ4v) is 4.43. The van der Waals surface area contributed by atoms with Crippen LogP contribution in [0.5, 0.6) is 0 Å². The molecule has 0 amide bonds. The molecular weight excluding hydrogens is 392 g/mol. The smallest absolute Gasteiger partial charge is 0.152 e. The van der Waals surface area contributed by atoms with Gasteiger partial charge in [-0.3, -0.25) is 11.3 Å². The van der Waals surface area contributed by atoms with Crippen LogP contribution in [-0.4, -0.2) is 16.0 Å². The lowest BCUT2D eigenvalue weighted by atomic mass is 9.81. The summed E-state index contributed by atoms with van der Waals surface area (Å²) in [7, 11) is 0. The summed E-state index contributed by atoms with van der Waals surface area (Å²) in [5, 5.41) is 1.88. The van der Waals surface area contributed by atoms with Gasteiger partial charge in [-0.25, -0.2) is 9.97 Å². The minimum atomic E-state index is 0.243. The van der Waals surface area contributed by atoms with Gasteiger partial charge < -0.3 is 0 Å². The first kappa shape index (κ1) is 21.0. The van der Waals surface area contributed by atoms with Gasteiger partial charge in [0.15, 0.2) is 5.82 Å². The molecule has 1 aliphatic rings. The normalized spacial score (nSPS) is 19.8. The van der Waals surface area contributed by atoms with Gasteiger partial charge in [0, 0.05) is 22.4 Å². The summed E-state index contributed by atoms with van der Waals surface area (Å²) in [5.41, 5.74) is 7.52. The highest BCUT2D eigenvalue weighted by atomic mass is 35.5. The molecule has 2 unspecified atom stereocenters. The summed E-state index contributed by atoms with van der Waals surface area (Å²) in [6.07, 6.45) is 8.59. The van der Waals surface area contributed by atoms with Gasteiger partial charge in [-0.2, -0.15) is 0 Å². The molecule has 30 heavy (non-hydrogen) atoms. The molecule has 4 nitrogen and oxygen atoms in total. The predicted molar refractivity (Wildman–Crippen MR) is 126 cm³/mol. The van der Waals surface area contributed by atoms with Gasteiger partial charge in [-0.15, -0.1) is 0 Å². The lowest BCUT2D eigenvalue weighted by molar-refractivity contribution is 0.328. The molecule has 1 aliphatic carbocycles. The second-order valence-electron chi connectivity index (χ2n) is 8.45. The van der Waals surface area contributed by atoms with E-state index in [4.69, 9.17) is 27.4 Å². The predicted octanol–water partition coefficient (Wildman–Crippen LogP) is 6.07. The maximum atomic E-state index is 6.00. The van der Waals surface area contributed by atoms with E-state index in [0.717, 1.165) is 45.8 Å². The van der Waals surface area contributed by atoms with Crippen molar-refractivity contribution in [1.29, 1.82) is 0 Å². The van der Waals surface area contributed by atoms with E-state index in [2.05, 4.69) is 37.5 Å². The van der Waals surface area contributed by atoms with E-state index in [0.29, 0.717) is 11.8 Å². The molecule has 0 bridgehead atoms. The van der Waals surface area contributed by atoms with Crippen LogP contribution in [0.4, 0.5) is 0 Å². The van der Waals surface area contributed by atoms with Crippen molar-refractivity contribution in [1.82, 2.24) is 15.4 Å². The third kappa shape index (κ3) is 4.56. The van der Waals surface area contributed by atoms with Crippen molar-refractivity contribution < 1.29 is 0 Å². The van der Waals surface area contributed by atoms with E-state index in [1.54, 1.807) is 0 Å². The lowest BCUT2D eigenvalue weighted by Crippen LogP contribution is -2.41. The van der Waals surface area contributed by atoms with Gasteiger partial charge in [0.05, 0.1) is 11.2 Å². The molecule has 2 atom stereocenters. The second-order valence-corrected chi connectivity index (χ2v) is 8.88. The zero-order chi connectivity index (χ0) is 21.1. The average molecular weight is 421 g/mol. The Morgan fingerprint density at radius 2 is 1.80 bits per heavy atom. The molecule has 1 fully saturated rings. The number of fused-ring (bicyclic) bond motifs is 1. The van der Waals surface area contributed by atoms with E-state index >= 15 is 0 Å². The van der Waals surface area contributed by atoms with Gasteiger partial charge in [-0.05, 0) is 60.2 Å². The van der Waals surface area contributed by atoms with E-state index in [1.165, 1.54) is 18.4 Å². The van der Waals surface area contributed by atoms with Gasteiger partial charge in [0.1, 0.15) is 0 Å². The van der Waals surface area contributed by atoms with Crippen molar-refractivity contribution in [2.24, 2.45) is 5.84 Å². The molecule has 0 spiro atoms. The SMILES string of the molecule is CC(C)c1ccc2nc(C=Cc3ccc(Cl)cc3)nc(C3CCCCC3NN)c2c1. The zero-order valence-electron chi connectivity index (χ0n) is 17.6. The van der Waals surface area contributed by atoms with Crippen LogP contribution in [0, 0.1) is 0 Å². The summed E-state index contributed by atoms with van der Waals surface area (Å²) in [6, 6.07) is 14.6. The van der Waals surface area contributed by atoms with Crippen LogP contribution in [0.25, 0.3) is 23.1 Å². The number of nitrogens with one attached hydrogen (secondary N) is 1. The maximum absolute atomic E-state index is 6.00. The number of aromatic nitrogens is 2. The highest BCUT2D eigenvalue weighted by Gasteiger charge is 2.28. The van der Waals surface area contributed by atoms with Gasteiger partial charge in [0.25, 0.3) is 0 Å². The number of rotatable bonds is 5. The van der Waals surface area contributed by atoms with Crippen LogP contribution in [-0.2, 0) is 0 Å². The standard InChI is InChI=1S/C25H29ClN4/c1-16(2)18-10-13-22-21(15-18)25(20-5-3-4-6-23(20)30-27)29-24(28-22)14-9-17-7-11-19(26)12-8-17/h7-16,20,23,30H,3-6,27H2,1-2H3. The lowest BCUT2D eigenvalue weighted by Gasteiger charge is -2.31. The number of nitrogens with two attached hydrogens (primary N) is 1. The quantitative estimate of drug-likeness (QED) is 0.388. The number of nitrogens with zero attached hydrogens (tertiary/aromatic N) is 2. The Bertz CT molecular complexity index is 1040. The number of halogens is 1. The molecule has 2 aromatic carbocycles. The fraction of sp³-hybridized carbons (Fsp3) is 0.360. The third-order valence-corrected chi connectivity index (χ3v) is 6.31.